The first kappa shape index (κ1) is 12.2. The predicted molar refractivity (Wildman–Crippen MR) is 75.7 cm³/mol. The Kier molecular flexibility index (Phi) is 3.25. The molecule has 1 N–H and O–H groups in total. The Morgan fingerprint density at radius 2 is 2.32 bits per heavy atom. The molecule has 2 heterocycles. The van der Waals surface area contributed by atoms with E-state index in [4.69, 9.17) is 16.0 Å². The molecule has 0 spiro atoms. The van der Waals surface area contributed by atoms with Gasteiger partial charge in [-0.25, -0.2) is 4.98 Å². The number of nitrogens with one attached hydrogen (secondary N) is 1. The standard InChI is InChI=1S/C14H14ClN3O/c1-9-10(8-12-16-4-5-17-12)2-3-11(13(9)15)14-18-6-7-19-14/h2-3,6-7H,4-5,8H2,1H3,(H,16,17). The summed E-state index contributed by atoms with van der Waals surface area (Å²) in [4.78, 5) is 8.54. The molecule has 0 fully saturated rings. The lowest BCUT2D eigenvalue weighted by Gasteiger charge is -2.10. The second-order valence-corrected chi connectivity index (χ2v) is 4.86. The first-order valence-corrected chi connectivity index (χ1v) is 6.58. The minimum atomic E-state index is 0.552. The Balaban J connectivity index is 1.94. The van der Waals surface area contributed by atoms with E-state index in [1.165, 1.54) is 5.56 Å². The molecule has 0 aliphatic carbocycles. The van der Waals surface area contributed by atoms with Gasteiger partial charge in [-0.3, -0.25) is 4.99 Å². The lowest BCUT2D eigenvalue weighted by molar-refractivity contribution is 0.574. The maximum atomic E-state index is 6.41. The van der Waals surface area contributed by atoms with Crippen LogP contribution >= 0.6 is 11.6 Å². The highest BCUT2D eigenvalue weighted by Crippen LogP contribution is 2.31. The molecule has 0 saturated carbocycles. The molecule has 0 amide bonds. The third kappa shape index (κ3) is 2.36. The van der Waals surface area contributed by atoms with Gasteiger partial charge in [0.1, 0.15) is 12.1 Å². The molecule has 3 rings (SSSR count). The van der Waals surface area contributed by atoms with Crippen molar-refractivity contribution in [3.8, 4) is 11.5 Å². The summed E-state index contributed by atoms with van der Waals surface area (Å²) in [5.41, 5.74) is 3.05. The number of rotatable bonds is 3. The fourth-order valence-electron chi connectivity index (χ4n) is 2.18. The van der Waals surface area contributed by atoms with E-state index in [0.717, 1.165) is 36.5 Å². The van der Waals surface area contributed by atoms with Crippen molar-refractivity contribution in [2.45, 2.75) is 13.3 Å². The zero-order chi connectivity index (χ0) is 13.2. The van der Waals surface area contributed by atoms with Crippen molar-refractivity contribution in [2.24, 2.45) is 4.99 Å². The monoisotopic (exact) mass is 275 g/mol. The molecule has 0 unspecified atom stereocenters. The van der Waals surface area contributed by atoms with Gasteiger partial charge in [0, 0.05) is 13.0 Å². The molecule has 19 heavy (non-hydrogen) atoms. The summed E-state index contributed by atoms with van der Waals surface area (Å²) in [7, 11) is 0. The van der Waals surface area contributed by atoms with Crippen LogP contribution in [0.15, 0.2) is 34.0 Å². The average Bonchev–Trinajstić information content (AvgIpc) is 3.08. The van der Waals surface area contributed by atoms with Crippen LogP contribution in [0.2, 0.25) is 5.02 Å². The molecule has 1 aliphatic heterocycles. The number of nitrogens with zero attached hydrogens (tertiary/aromatic N) is 2. The van der Waals surface area contributed by atoms with Crippen LogP contribution in [-0.4, -0.2) is 23.9 Å². The second-order valence-electron chi connectivity index (χ2n) is 4.48. The maximum Gasteiger partial charge on any atom is 0.227 e. The number of aliphatic imine (C=N–C) groups is 1. The number of hydrogen-bond donors (Lipinski definition) is 1. The van der Waals surface area contributed by atoms with Gasteiger partial charge in [0.2, 0.25) is 5.89 Å². The minimum absolute atomic E-state index is 0.552. The van der Waals surface area contributed by atoms with Crippen molar-refractivity contribution >= 4 is 17.4 Å². The SMILES string of the molecule is Cc1c(CC2=NCCN2)ccc(-c2ncco2)c1Cl. The van der Waals surface area contributed by atoms with Crippen molar-refractivity contribution in [2.75, 3.05) is 13.1 Å². The number of aromatic nitrogens is 1. The molecule has 2 aromatic rings. The van der Waals surface area contributed by atoms with Gasteiger partial charge in [-0.15, -0.1) is 0 Å². The molecule has 0 radical (unpaired) electrons. The van der Waals surface area contributed by atoms with Crippen molar-refractivity contribution in [1.82, 2.24) is 10.3 Å². The van der Waals surface area contributed by atoms with Gasteiger partial charge in [-0.05, 0) is 24.1 Å². The summed E-state index contributed by atoms with van der Waals surface area (Å²) in [6.45, 7) is 3.80. The van der Waals surface area contributed by atoms with Gasteiger partial charge in [0.25, 0.3) is 0 Å². The fourth-order valence-corrected chi connectivity index (χ4v) is 2.45. The molecule has 1 aromatic heterocycles. The lowest BCUT2D eigenvalue weighted by atomic mass is 10.0. The maximum absolute atomic E-state index is 6.41. The number of oxazole rings is 1. The smallest absolute Gasteiger partial charge is 0.227 e. The van der Waals surface area contributed by atoms with Crippen LogP contribution in [0.3, 0.4) is 0 Å². The minimum Gasteiger partial charge on any atom is -0.444 e. The molecular formula is C14H14ClN3O. The highest BCUT2D eigenvalue weighted by molar-refractivity contribution is 6.34. The van der Waals surface area contributed by atoms with E-state index in [0.29, 0.717) is 10.9 Å². The van der Waals surface area contributed by atoms with E-state index in [-0.39, 0.29) is 0 Å². The van der Waals surface area contributed by atoms with Crippen LogP contribution in [0, 0.1) is 6.92 Å². The van der Waals surface area contributed by atoms with Gasteiger partial charge < -0.3 is 9.73 Å². The summed E-state index contributed by atoms with van der Waals surface area (Å²) in [5.74, 6) is 1.58. The summed E-state index contributed by atoms with van der Waals surface area (Å²) < 4.78 is 5.30. The normalized spacial score (nSPS) is 14.3. The third-order valence-corrected chi connectivity index (χ3v) is 3.75. The van der Waals surface area contributed by atoms with Crippen LogP contribution in [0.5, 0.6) is 0 Å². The van der Waals surface area contributed by atoms with Crippen LogP contribution in [0.4, 0.5) is 0 Å². The first-order chi connectivity index (χ1) is 9.25. The quantitative estimate of drug-likeness (QED) is 0.937. The molecule has 0 atom stereocenters. The molecule has 0 bridgehead atoms. The Labute approximate surface area is 116 Å². The molecule has 98 valence electrons. The lowest BCUT2D eigenvalue weighted by Crippen LogP contribution is -2.20. The van der Waals surface area contributed by atoms with E-state index in [1.54, 1.807) is 12.5 Å². The molecule has 1 aliphatic rings. The summed E-state index contributed by atoms with van der Waals surface area (Å²) in [6, 6.07) is 4.01. The summed E-state index contributed by atoms with van der Waals surface area (Å²) in [5, 5.41) is 3.96. The highest BCUT2D eigenvalue weighted by atomic mass is 35.5. The fraction of sp³-hybridized carbons (Fsp3) is 0.286. The van der Waals surface area contributed by atoms with Crippen molar-refractivity contribution in [3.63, 3.8) is 0 Å². The molecule has 1 aromatic carbocycles. The average molecular weight is 276 g/mol. The van der Waals surface area contributed by atoms with Gasteiger partial charge in [0.05, 0.1) is 23.3 Å². The topological polar surface area (TPSA) is 50.4 Å². The largest absolute Gasteiger partial charge is 0.444 e. The van der Waals surface area contributed by atoms with E-state index >= 15 is 0 Å². The van der Waals surface area contributed by atoms with Gasteiger partial charge in [0.15, 0.2) is 0 Å². The number of benzene rings is 1. The third-order valence-electron chi connectivity index (χ3n) is 3.26. The predicted octanol–water partition coefficient (Wildman–Crippen LogP) is 2.85. The highest BCUT2D eigenvalue weighted by Gasteiger charge is 2.14. The summed E-state index contributed by atoms with van der Waals surface area (Å²) >= 11 is 6.41. The second kappa shape index (κ2) is 5.05. The number of amidine groups is 1. The van der Waals surface area contributed by atoms with E-state index in [1.807, 2.05) is 13.0 Å². The number of halogens is 1. The number of hydrogen-bond acceptors (Lipinski definition) is 4. The van der Waals surface area contributed by atoms with E-state index < -0.39 is 0 Å². The Hall–Kier alpha value is -1.81. The van der Waals surface area contributed by atoms with Crippen molar-refractivity contribution in [1.29, 1.82) is 0 Å². The van der Waals surface area contributed by atoms with Crippen molar-refractivity contribution < 1.29 is 4.42 Å². The Morgan fingerprint density at radius 3 is 3.00 bits per heavy atom. The van der Waals surface area contributed by atoms with Gasteiger partial charge in [-0.2, -0.15) is 0 Å². The van der Waals surface area contributed by atoms with Crippen LogP contribution < -0.4 is 5.32 Å². The van der Waals surface area contributed by atoms with E-state index in [9.17, 15) is 0 Å². The zero-order valence-electron chi connectivity index (χ0n) is 10.6. The van der Waals surface area contributed by atoms with E-state index in [2.05, 4.69) is 21.4 Å². The van der Waals surface area contributed by atoms with Crippen molar-refractivity contribution in [3.05, 3.63) is 40.7 Å². The summed E-state index contributed by atoms with van der Waals surface area (Å²) in [6.07, 6.45) is 3.95. The van der Waals surface area contributed by atoms with Crippen LogP contribution in [-0.2, 0) is 6.42 Å². The van der Waals surface area contributed by atoms with Crippen LogP contribution in [0.25, 0.3) is 11.5 Å². The van der Waals surface area contributed by atoms with Gasteiger partial charge >= 0.3 is 0 Å². The van der Waals surface area contributed by atoms with Crippen LogP contribution in [0.1, 0.15) is 11.1 Å². The Morgan fingerprint density at radius 1 is 1.42 bits per heavy atom. The molecular weight excluding hydrogens is 262 g/mol. The molecule has 5 heteroatoms. The zero-order valence-corrected chi connectivity index (χ0v) is 11.4. The molecule has 0 saturated heterocycles. The Bertz CT molecular complexity index is 620. The first-order valence-electron chi connectivity index (χ1n) is 6.21. The van der Waals surface area contributed by atoms with Gasteiger partial charge in [-0.1, -0.05) is 17.7 Å². The molecule has 4 nitrogen and oxygen atoms in total.